The highest BCUT2D eigenvalue weighted by atomic mass is 32.1. The monoisotopic (exact) mass is 486 g/mol. The molecule has 10 heteroatoms. The molecule has 3 aliphatic carbocycles. The van der Waals surface area contributed by atoms with Crippen molar-refractivity contribution in [2.75, 3.05) is 17.2 Å². The molecule has 3 aliphatic rings. The van der Waals surface area contributed by atoms with E-state index in [1.165, 1.54) is 17.7 Å². The van der Waals surface area contributed by atoms with Crippen molar-refractivity contribution in [3.63, 3.8) is 0 Å². The first-order valence-corrected chi connectivity index (χ1v) is 12.9. The van der Waals surface area contributed by atoms with Gasteiger partial charge in [0.05, 0.1) is 11.3 Å². The maximum Gasteiger partial charge on any atom is 0.254 e. The lowest BCUT2D eigenvalue weighted by atomic mass is 9.91. The Hall–Kier alpha value is -2.46. The van der Waals surface area contributed by atoms with Crippen LogP contribution in [0.25, 0.3) is 0 Å². The molecule has 8 nitrogen and oxygen atoms in total. The molecule has 0 saturated heterocycles. The summed E-state index contributed by atoms with van der Waals surface area (Å²) in [4.78, 5) is 26.8. The molecule has 1 atom stereocenters. The third-order valence-corrected chi connectivity index (χ3v) is 7.93. The van der Waals surface area contributed by atoms with Crippen LogP contribution in [-0.2, 0) is 24.7 Å². The van der Waals surface area contributed by atoms with E-state index in [1.54, 1.807) is 16.0 Å². The van der Waals surface area contributed by atoms with Crippen molar-refractivity contribution >= 4 is 51.3 Å². The Labute approximate surface area is 202 Å². The molecule has 2 saturated carbocycles. The lowest BCUT2D eigenvalue weighted by molar-refractivity contribution is -0.117. The van der Waals surface area contributed by atoms with Gasteiger partial charge in [0.1, 0.15) is 10.8 Å². The van der Waals surface area contributed by atoms with Gasteiger partial charge in [0.2, 0.25) is 5.91 Å². The highest BCUT2D eigenvalue weighted by Gasteiger charge is 2.34. The van der Waals surface area contributed by atoms with E-state index >= 15 is 0 Å². The number of aromatic nitrogens is 2. The minimum atomic E-state index is -0.0720. The van der Waals surface area contributed by atoms with Crippen LogP contribution in [0.3, 0.4) is 0 Å². The van der Waals surface area contributed by atoms with Crippen LogP contribution in [0.4, 0.5) is 10.8 Å². The summed E-state index contributed by atoms with van der Waals surface area (Å²) in [6.07, 6.45) is 6.70. The summed E-state index contributed by atoms with van der Waals surface area (Å²) in [5.74, 6) is 1.50. The number of thiocarbonyl (C=S) groups is 1. The number of hydrogen-bond donors (Lipinski definition) is 4. The number of nitrogens with one attached hydrogen (secondary N) is 4. The number of aryl methyl sites for hydroxylation is 3. The molecule has 0 aliphatic heterocycles. The Morgan fingerprint density at radius 2 is 2.00 bits per heavy atom. The summed E-state index contributed by atoms with van der Waals surface area (Å²) in [5, 5.41) is 18.4. The van der Waals surface area contributed by atoms with Gasteiger partial charge in [-0.15, -0.1) is 11.3 Å². The van der Waals surface area contributed by atoms with Crippen LogP contribution in [-0.4, -0.2) is 39.3 Å². The highest BCUT2D eigenvalue weighted by molar-refractivity contribution is 7.80. The molecule has 0 spiro atoms. The quantitative estimate of drug-likeness (QED) is 0.449. The maximum atomic E-state index is 13.2. The molecule has 2 fully saturated rings. The van der Waals surface area contributed by atoms with Crippen molar-refractivity contribution in [3.05, 3.63) is 27.8 Å². The van der Waals surface area contributed by atoms with Crippen molar-refractivity contribution in [2.24, 2.45) is 18.9 Å². The van der Waals surface area contributed by atoms with E-state index in [0.717, 1.165) is 42.8 Å². The number of carbonyl (C=O) groups excluding carboxylic acids is 2. The highest BCUT2D eigenvalue weighted by Crippen LogP contribution is 2.40. The summed E-state index contributed by atoms with van der Waals surface area (Å²) in [7, 11) is 1.88. The van der Waals surface area contributed by atoms with Gasteiger partial charge in [-0.3, -0.25) is 14.3 Å². The first-order valence-electron chi connectivity index (χ1n) is 11.7. The number of carbonyl (C=O) groups is 2. The van der Waals surface area contributed by atoms with Gasteiger partial charge in [0, 0.05) is 36.5 Å². The number of nitrogens with zero attached hydrogens (tertiary/aromatic N) is 2. The average molecular weight is 487 g/mol. The predicted molar refractivity (Wildman–Crippen MR) is 134 cm³/mol. The molecular weight excluding hydrogens is 456 g/mol. The van der Waals surface area contributed by atoms with Gasteiger partial charge in [-0.1, -0.05) is 0 Å². The minimum Gasteiger partial charge on any atom is -0.359 e. The zero-order valence-electron chi connectivity index (χ0n) is 19.0. The predicted octanol–water partition coefficient (Wildman–Crippen LogP) is 3.12. The fraction of sp³-hybridized carbons (Fsp3) is 0.565. The van der Waals surface area contributed by atoms with Crippen LogP contribution in [0.15, 0.2) is 6.07 Å². The molecule has 2 amide bonds. The molecule has 0 bridgehead atoms. The largest absolute Gasteiger partial charge is 0.359 e. The second kappa shape index (κ2) is 9.06. The molecule has 4 N–H and O–H groups in total. The number of amides is 2. The minimum absolute atomic E-state index is 0.0383. The van der Waals surface area contributed by atoms with Crippen LogP contribution >= 0.6 is 23.6 Å². The first kappa shape index (κ1) is 22.3. The zero-order chi connectivity index (χ0) is 23.1. The summed E-state index contributed by atoms with van der Waals surface area (Å²) < 4.78 is 1.76. The Morgan fingerprint density at radius 3 is 2.67 bits per heavy atom. The van der Waals surface area contributed by atoms with E-state index in [4.69, 9.17) is 12.2 Å². The van der Waals surface area contributed by atoms with Crippen LogP contribution in [0, 0.1) is 18.8 Å². The Morgan fingerprint density at radius 1 is 1.21 bits per heavy atom. The van der Waals surface area contributed by atoms with E-state index in [1.807, 2.05) is 20.0 Å². The smallest absolute Gasteiger partial charge is 0.254 e. The maximum absolute atomic E-state index is 13.2. The van der Waals surface area contributed by atoms with Gasteiger partial charge in [-0.2, -0.15) is 5.10 Å². The van der Waals surface area contributed by atoms with Crippen LogP contribution in [0.2, 0.25) is 0 Å². The molecule has 33 heavy (non-hydrogen) atoms. The van der Waals surface area contributed by atoms with E-state index in [9.17, 15) is 9.59 Å². The number of hydrogen-bond acceptors (Lipinski definition) is 5. The van der Waals surface area contributed by atoms with Gasteiger partial charge in [0.25, 0.3) is 5.91 Å². The third kappa shape index (κ3) is 5.22. The normalized spacial score (nSPS) is 19.5. The molecule has 5 rings (SSSR count). The Bertz CT molecular complexity index is 1100. The second-order valence-electron chi connectivity index (χ2n) is 9.46. The Kier molecular flexibility index (Phi) is 6.13. The van der Waals surface area contributed by atoms with E-state index in [2.05, 4.69) is 26.4 Å². The molecule has 0 unspecified atom stereocenters. The standard InChI is InChI=1S/C23H30N6O2S2/c1-12-9-18(29(2)28-12)26-23(32)25-15-7-8-17-16(10-15)19(21(31)24-11-13-3-4-13)22(33-17)27-20(30)14-5-6-14/h9,13-15H,3-8,10-11H2,1-2H3,(H,24,31)(H,27,30)(H2,25,26,32)/t15-/m1/s1. The van der Waals surface area contributed by atoms with Crippen molar-refractivity contribution in [1.29, 1.82) is 0 Å². The molecule has 0 radical (unpaired) electrons. The lowest BCUT2D eigenvalue weighted by Gasteiger charge is -2.25. The van der Waals surface area contributed by atoms with E-state index in [0.29, 0.717) is 34.6 Å². The van der Waals surface area contributed by atoms with E-state index in [-0.39, 0.29) is 23.8 Å². The molecule has 0 aromatic carbocycles. The zero-order valence-corrected chi connectivity index (χ0v) is 20.6. The van der Waals surface area contributed by atoms with Crippen molar-refractivity contribution < 1.29 is 9.59 Å². The fourth-order valence-electron chi connectivity index (χ4n) is 4.31. The van der Waals surface area contributed by atoms with Crippen molar-refractivity contribution in [2.45, 2.75) is 57.9 Å². The fourth-order valence-corrected chi connectivity index (χ4v) is 5.82. The topological polar surface area (TPSA) is 100 Å². The number of anilines is 2. The molecule has 2 heterocycles. The van der Waals surface area contributed by atoms with E-state index < -0.39 is 0 Å². The third-order valence-electron chi connectivity index (χ3n) is 6.50. The van der Waals surface area contributed by atoms with Crippen LogP contribution in [0.5, 0.6) is 0 Å². The lowest BCUT2D eigenvalue weighted by Crippen LogP contribution is -2.41. The van der Waals surface area contributed by atoms with Gasteiger partial charge in [-0.25, -0.2) is 0 Å². The average Bonchev–Trinajstić information content (AvgIpc) is 3.68. The molecule has 176 valence electrons. The number of fused-ring (bicyclic) bond motifs is 1. The number of thiophene rings is 1. The molecule has 2 aromatic rings. The van der Waals surface area contributed by atoms with Crippen LogP contribution in [0.1, 0.15) is 58.6 Å². The summed E-state index contributed by atoms with van der Waals surface area (Å²) in [6, 6.07) is 2.06. The van der Waals surface area contributed by atoms with Gasteiger partial charge >= 0.3 is 0 Å². The van der Waals surface area contributed by atoms with Crippen molar-refractivity contribution in [3.8, 4) is 0 Å². The van der Waals surface area contributed by atoms with Gasteiger partial charge < -0.3 is 21.3 Å². The van der Waals surface area contributed by atoms with Gasteiger partial charge in [0.15, 0.2) is 5.11 Å². The summed E-state index contributed by atoms with van der Waals surface area (Å²) in [5.41, 5.74) is 2.62. The van der Waals surface area contributed by atoms with Crippen LogP contribution < -0.4 is 21.3 Å². The number of rotatable bonds is 7. The van der Waals surface area contributed by atoms with Crippen molar-refractivity contribution in [1.82, 2.24) is 20.4 Å². The van der Waals surface area contributed by atoms with Gasteiger partial charge in [-0.05, 0) is 75.6 Å². The molecular formula is C23H30N6O2S2. The summed E-state index contributed by atoms with van der Waals surface area (Å²) in [6.45, 7) is 2.65. The Balaban J connectivity index is 1.31. The SMILES string of the molecule is Cc1cc(NC(=S)N[C@@H]2CCc3sc(NC(=O)C4CC4)c(C(=O)NCC4CC4)c3C2)n(C)n1. The molecule has 2 aromatic heterocycles. The second-order valence-corrected chi connectivity index (χ2v) is 11.0. The summed E-state index contributed by atoms with van der Waals surface area (Å²) >= 11 is 7.11. The first-order chi connectivity index (χ1) is 15.9.